The third kappa shape index (κ3) is 2.71. The largest absolute Gasteiger partial charge is 0.492 e. The number of nitrogens with zero attached hydrogens (tertiary/aromatic N) is 1. The van der Waals surface area contributed by atoms with Gasteiger partial charge in [-0.2, -0.15) is 0 Å². The number of hydrogen-bond donors (Lipinski definition) is 0. The number of hydrogen-bond acceptors (Lipinski definition) is 2. The maximum atomic E-state index is 13.1. The van der Waals surface area contributed by atoms with Gasteiger partial charge in [0, 0.05) is 37.4 Å². The zero-order valence-corrected chi connectivity index (χ0v) is 15.0. The Morgan fingerprint density at radius 1 is 1.07 bits per heavy atom. The van der Waals surface area contributed by atoms with Crippen molar-refractivity contribution in [3.8, 4) is 16.9 Å². The lowest BCUT2D eigenvalue weighted by atomic mass is 9.79. The summed E-state index contributed by atoms with van der Waals surface area (Å²) >= 11 is 0. The summed E-state index contributed by atoms with van der Waals surface area (Å²) in [5.41, 5.74) is 3.19. The van der Waals surface area contributed by atoms with E-state index in [4.69, 9.17) is 4.74 Å². The van der Waals surface area contributed by atoms with Crippen molar-refractivity contribution in [3.63, 3.8) is 0 Å². The molecule has 1 saturated carbocycles. The molecular formula is C22H21F2NO2. The Kier molecular flexibility index (Phi) is 3.58. The van der Waals surface area contributed by atoms with Crippen molar-refractivity contribution in [1.29, 1.82) is 0 Å². The number of alkyl halides is 2. The quantitative estimate of drug-likeness (QED) is 0.792. The third-order valence-corrected chi connectivity index (χ3v) is 6.27. The third-order valence-electron chi connectivity index (χ3n) is 6.27. The summed E-state index contributed by atoms with van der Waals surface area (Å²) in [5, 5.41) is 0. The van der Waals surface area contributed by atoms with Crippen molar-refractivity contribution in [2.45, 2.75) is 30.6 Å². The van der Waals surface area contributed by atoms with Crippen LogP contribution in [0, 0.1) is 5.92 Å². The second-order valence-electron chi connectivity index (χ2n) is 8.12. The molecule has 1 atom stereocenters. The van der Waals surface area contributed by atoms with E-state index in [2.05, 4.69) is 24.3 Å². The second kappa shape index (κ2) is 5.78. The van der Waals surface area contributed by atoms with Crippen LogP contribution in [-0.4, -0.2) is 36.4 Å². The SMILES string of the molecule is O=C(C1CC(F)(F)C1)N1CCC2(COc3ccc(-c4ccccc4)cc32)C1. The summed E-state index contributed by atoms with van der Waals surface area (Å²) < 4.78 is 32.2. The second-order valence-corrected chi connectivity index (χ2v) is 8.12. The average molecular weight is 369 g/mol. The molecular weight excluding hydrogens is 348 g/mol. The van der Waals surface area contributed by atoms with E-state index in [0.29, 0.717) is 19.7 Å². The maximum absolute atomic E-state index is 13.1. The van der Waals surface area contributed by atoms with Crippen LogP contribution in [0.25, 0.3) is 11.1 Å². The van der Waals surface area contributed by atoms with E-state index in [1.165, 1.54) is 0 Å². The van der Waals surface area contributed by atoms with Crippen LogP contribution < -0.4 is 4.74 Å². The van der Waals surface area contributed by atoms with Crippen molar-refractivity contribution in [1.82, 2.24) is 4.90 Å². The van der Waals surface area contributed by atoms with Gasteiger partial charge in [-0.05, 0) is 29.7 Å². The van der Waals surface area contributed by atoms with Gasteiger partial charge in [-0.15, -0.1) is 0 Å². The first kappa shape index (κ1) is 16.7. The Bertz CT molecular complexity index is 890. The topological polar surface area (TPSA) is 29.5 Å². The first-order chi connectivity index (χ1) is 13.0. The molecule has 2 fully saturated rings. The number of likely N-dealkylation sites (tertiary alicyclic amines) is 1. The summed E-state index contributed by atoms with van der Waals surface area (Å²) in [7, 11) is 0. The monoisotopic (exact) mass is 369 g/mol. The Labute approximate surface area is 156 Å². The summed E-state index contributed by atoms with van der Waals surface area (Å²) in [6.45, 7) is 1.71. The summed E-state index contributed by atoms with van der Waals surface area (Å²) in [5.74, 6) is -2.43. The molecule has 0 N–H and O–H groups in total. The summed E-state index contributed by atoms with van der Waals surface area (Å²) in [4.78, 5) is 14.4. The van der Waals surface area contributed by atoms with Gasteiger partial charge >= 0.3 is 0 Å². The van der Waals surface area contributed by atoms with Gasteiger partial charge in [0.05, 0.1) is 12.0 Å². The average Bonchev–Trinajstić information content (AvgIpc) is 3.25. The minimum atomic E-state index is -2.66. The molecule has 5 heteroatoms. The van der Waals surface area contributed by atoms with E-state index in [9.17, 15) is 13.6 Å². The number of halogens is 2. The lowest BCUT2D eigenvalue weighted by molar-refractivity contribution is -0.159. The zero-order valence-electron chi connectivity index (χ0n) is 15.0. The summed E-state index contributed by atoms with van der Waals surface area (Å²) in [6, 6.07) is 16.4. The smallest absolute Gasteiger partial charge is 0.249 e. The maximum Gasteiger partial charge on any atom is 0.249 e. The number of carbonyl (C=O) groups excluding carboxylic acids is 1. The van der Waals surface area contributed by atoms with Gasteiger partial charge in [0.15, 0.2) is 0 Å². The van der Waals surface area contributed by atoms with Crippen LogP contribution in [-0.2, 0) is 10.2 Å². The molecule has 2 heterocycles. The lowest BCUT2D eigenvalue weighted by Crippen LogP contribution is -2.47. The van der Waals surface area contributed by atoms with Gasteiger partial charge in [-0.1, -0.05) is 36.4 Å². The molecule has 2 aliphatic heterocycles. The fourth-order valence-corrected chi connectivity index (χ4v) is 4.67. The molecule has 3 nitrogen and oxygen atoms in total. The standard InChI is InChI=1S/C22H21F2NO2/c23-22(24)11-17(12-22)20(26)25-9-8-21(13-25)14-27-19-7-6-16(10-18(19)21)15-4-2-1-3-5-15/h1-7,10,17H,8-9,11-14H2. The van der Waals surface area contributed by atoms with E-state index in [1.54, 1.807) is 4.90 Å². The van der Waals surface area contributed by atoms with Crippen LogP contribution in [0.3, 0.4) is 0 Å². The molecule has 140 valence electrons. The number of fused-ring (bicyclic) bond motifs is 2. The highest BCUT2D eigenvalue weighted by molar-refractivity contribution is 5.81. The highest BCUT2D eigenvalue weighted by Gasteiger charge is 2.53. The normalized spacial score (nSPS) is 25.9. The minimum Gasteiger partial charge on any atom is -0.492 e. The molecule has 0 radical (unpaired) electrons. The zero-order chi connectivity index (χ0) is 18.6. The Balaban J connectivity index is 1.39. The van der Waals surface area contributed by atoms with Crippen LogP contribution >= 0.6 is 0 Å². The van der Waals surface area contributed by atoms with Crippen molar-refractivity contribution in [2.75, 3.05) is 19.7 Å². The van der Waals surface area contributed by atoms with Crippen molar-refractivity contribution in [2.24, 2.45) is 5.92 Å². The predicted molar refractivity (Wildman–Crippen MR) is 97.9 cm³/mol. The Morgan fingerprint density at radius 2 is 1.85 bits per heavy atom. The fourth-order valence-electron chi connectivity index (χ4n) is 4.67. The molecule has 1 spiro atoms. The van der Waals surface area contributed by atoms with Crippen LogP contribution in [0.1, 0.15) is 24.8 Å². The first-order valence-electron chi connectivity index (χ1n) is 9.45. The molecule has 1 saturated heterocycles. The molecule has 27 heavy (non-hydrogen) atoms. The number of ether oxygens (including phenoxy) is 1. The Morgan fingerprint density at radius 3 is 2.59 bits per heavy atom. The van der Waals surface area contributed by atoms with Crippen molar-refractivity contribution >= 4 is 5.91 Å². The fraction of sp³-hybridized carbons (Fsp3) is 0.409. The lowest BCUT2D eigenvalue weighted by Gasteiger charge is -2.36. The number of rotatable bonds is 2. The van der Waals surface area contributed by atoms with E-state index in [1.807, 2.05) is 24.3 Å². The molecule has 3 aliphatic rings. The van der Waals surface area contributed by atoms with Crippen LogP contribution in [0.15, 0.2) is 48.5 Å². The highest BCUT2D eigenvalue weighted by Crippen LogP contribution is 2.48. The van der Waals surface area contributed by atoms with Gasteiger partial charge in [0.2, 0.25) is 11.8 Å². The molecule has 0 aromatic heterocycles. The number of carbonyl (C=O) groups is 1. The van der Waals surface area contributed by atoms with E-state index < -0.39 is 11.8 Å². The van der Waals surface area contributed by atoms with E-state index in [-0.39, 0.29) is 24.2 Å². The summed E-state index contributed by atoms with van der Waals surface area (Å²) in [6.07, 6.45) is 0.203. The van der Waals surface area contributed by atoms with Gasteiger partial charge in [-0.3, -0.25) is 4.79 Å². The van der Waals surface area contributed by atoms with E-state index >= 15 is 0 Å². The van der Waals surface area contributed by atoms with Crippen LogP contribution in [0.4, 0.5) is 8.78 Å². The number of benzene rings is 2. The van der Waals surface area contributed by atoms with Gasteiger partial charge in [-0.25, -0.2) is 8.78 Å². The number of amides is 1. The van der Waals surface area contributed by atoms with E-state index in [0.717, 1.165) is 28.9 Å². The molecule has 5 rings (SSSR count). The van der Waals surface area contributed by atoms with Gasteiger partial charge < -0.3 is 9.64 Å². The molecule has 1 amide bonds. The van der Waals surface area contributed by atoms with Crippen LogP contribution in [0.5, 0.6) is 5.75 Å². The van der Waals surface area contributed by atoms with Gasteiger partial charge in [0.25, 0.3) is 0 Å². The Hall–Kier alpha value is -2.43. The molecule has 2 aromatic carbocycles. The van der Waals surface area contributed by atoms with Crippen LogP contribution in [0.2, 0.25) is 0 Å². The highest BCUT2D eigenvalue weighted by atomic mass is 19.3. The molecule has 2 aromatic rings. The first-order valence-corrected chi connectivity index (χ1v) is 9.45. The van der Waals surface area contributed by atoms with Gasteiger partial charge in [0.1, 0.15) is 5.75 Å². The van der Waals surface area contributed by atoms with Crippen molar-refractivity contribution < 1.29 is 18.3 Å². The minimum absolute atomic E-state index is 0.120. The molecule has 1 aliphatic carbocycles. The molecule has 0 bridgehead atoms. The van der Waals surface area contributed by atoms with Crippen molar-refractivity contribution in [3.05, 3.63) is 54.1 Å². The predicted octanol–water partition coefficient (Wildman–Crippen LogP) is 4.26. The molecule has 1 unspecified atom stereocenters.